The van der Waals surface area contributed by atoms with Crippen LogP contribution < -0.4 is 0 Å². The van der Waals surface area contributed by atoms with E-state index < -0.39 is 0 Å². The van der Waals surface area contributed by atoms with Crippen molar-refractivity contribution in [2.45, 2.75) is 90.9 Å². The molecule has 0 saturated carbocycles. The molecule has 30 heavy (non-hydrogen) atoms. The Labute approximate surface area is 184 Å². The summed E-state index contributed by atoms with van der Waals surface area (Å²) in [6.45, 7) is 6.28. The molecule has 2 aromatic carbocycles. The van der Waals surface area contributed by atoms with Gasteiger partial charge in [-0.3, -0.25) is 0 Å². The van der Waals surface area contributed by atoms with E-state index in [4.69, 9.17) is 0 Å². The first-order valence-electron chi connectivity index (χ1n) is 12.2. The zero-order valence-corrected chi connectivity index (χ0v) is 19.3. The van der Waals surface area contributed by atoms with Crippen LogP contribution in [0.5, 0.6) is 0 Å². The molecule has 0 radical (unpaired) electrons. The van der Waals surface area contributed by atoms with Gasteiger partial charge in [0, 0.05) is 12.8 Å². The van der Waals surface area contributed by atoms with Gasteiger partial charge in [0.05, 0.1) is 0 Å². The number of fused-ring (bicyclic) bond motifs is 1. The van der Waals surface area contributed by atoms with Gasteiger partial charge >= 0.3 is 12.1 Å². The van der Waals surface area contributed by atoms with Gasteiger partial charge in [0.15, 0.2) is 0 Å². The Balaban J connectivity index is 1.78. The Bertz CT molecular complexity index is 788. The van der Waals surface area contributed by atoms with Gasteiger partial charge < -0.3 is 0 Å². The molecule has 0 spiro atoms. The summed E-state index contributed by atoms with van der Waals surface area (Å²) in [6, 6.07) is 19.3. The quantitative estimate of drug-likeness (QED) is 0.312. The number of rotatable bonds is 12. The summed E-state index contributed by atoms with van der Waals surface area (Å²) >= 11 is 0. The van der Waals surface area contributed by atoms with Crippen molar-refractivity contribution in [1.82, 2.24) is 0 Å². The number of benzene rings is 2. The standard InChI is InChI=1S/C28H40N2/c1-3-5-7-9-11-13-19-29-23-25-15-17-28-22-26(16-18-27(28)21-25)24-30-20-14-12-10-8-6-4-2/h15-18,21-22H,3-14,19-20H2,1-2H3/q+2. The van der Waals surface area contributed by atoms with E-state index in [9.17, 15) is 0 Å². The van der Waals surface area contributed by atoms with Crippen LogP contribution in [0, 0.1) is 12.1 Å². The molecule has 0 fully saturated rings. The SMILES string of the molecule is CCCCCCCC[N+]#Cc1ccc2cc(C#[N+]CCCCCCCC)ccc2c1. The highest BCUT2D eigenvalue weighted by molar-refractivity contribution is 5.85. The summed E-state index contributed by atoms with van der Waals surface area (Å²) in [6.07, 6.45) is 15.6. The zero-order valence-electron chi connectivity index (χ0n) is 19.3. The van der Waals surface area contributed by atoms with Crippen LogP contribution in [0.25, 0.3) is 20.5 Å². The third-order valence-corrected chi connectivity index (χ3v) is 5.50. The summed E-state index contributed by atoms with van der Waals surface area (Å²) in [4.78, 5) is 8.98. The second-order valence-electron chi connectivity index (χ2n) is 8.30. The fourth-order valence-corrected chi connectivity index (χ4v) is 3.62. The maximum absolute atomic E-state index is 4.49. The van der Waals surface area contributed by atoms with Gasteiger partial charge in [-0.2, -0.15) is 0 Å². The minimum atomic E-state index is 0.882. The van der Waals surface area contributed by atoms with Crippen LogP contribution in [-0.4, -0.2) is 13.1 Å². The average molecular weight is 405 g/mol. The van der Waals surface area contributed by atoms with Crippen LogP contribution in [0.15, 0.2) is 36.4 Å². The summed E-state index contributed by atoms with van der Waals surface area (Å²) in [7, 11) is 0. The molecule has 0 amide bonds. The van der Waals surface area contributed by atoms with Crippen molar-refractivity contribution >= 4 is 10.8 Å². The Hall–Kier alpha value is -2.32. The predicted octanol–water partition coefficient (Wildman–Crippen LogP) is 8.92. The molecule has 0 aromatic heterocycles. The van der Waals surface area contributed by atoms with E-state index in [1.165, 1.54) is 87.8 Å². The molecule has 2 aromatic rings. The van der Waals surface area contributed by atoms with Gasteiger partial charge in [-0.05, 0) is 47.9 Å². The van der Waals surface area contributed by atoms with Gasteiger partial charge in [0.25, 0.3) is 13.1 Å². The molecule has 160 valence electrons. The Kier molecular flexibility index (Phi) is 12.4. The van der Waals surface area contributed by atoms with E-state index in [1.54, 1.807) is 0 Å². The normalized spacial score (nSPS) is 10.3. The Morgan fingerprint density at radius 2 is 0.933 bits per heavy atom. The molecular formula is C28H40N2+2. The van der Waals surface area contributed by atoms with Crippen LogP contribution in [0.3, 0.4) is 0 Å². The summed E-state index contributed by atoms with van der Waals surface area (Å²) in [5.41, 5.74) is 2.11. The molecule has 0 heterocycles. The lowest BCUT2D eigenvalue weighted by atomic mass is 10.1. The highest BCUT2D eigenvalue weighted by Crippen LogP contribution is 2.18. The van der Waals surface area contributed by atoms with Crippen LogP contribution >= 0.6 is 0 Å². The Morgan fingerprint density at radius 1 is 0.533 bits per heavy atom. The second-order valence-corrected chi connectivity index (χ2v) is 8.30. The molecule has 0 bridgehead atoms. The topological polar surface area (TPSA) is 8.72 Å². The molecule has 0 atom stereocenters. The van der Waals surface area contributed by atoms with E-state index in [1.807, 2.05) is 0 Å². The predicted molar refractivity (Wildman–Crippen MR) is 133 cm³/mol. The van der Waals surface area contributed by atoms with Gasteiger partial charge in [0.1, 0.15) is 11.1 Å². The maximum Gasteiger partial charge on any atom is 0.311 e. The molecule has 2 heteroatoms. The lowest BCUT2D eigenvalue weighted by Crippen LogP contribution is -1.82. The van der Waals surface area contributed by atoms with Gasteiger partial charge in [-0.1, -0.05) is 87.0 Å². The van der Waals surface area contributed by atoms with Gasteiger partial charge in [-0.15, -0.1) is 0 Å². The largest absolute Gasteiger partial charge is 0.311 e. The monoisotopic (exact) mass is 404 g/mol. The number of hydrogen-bond acceptors (Lipinski definition) is 0. The third-order valence-electron chi connectivity index (χ3n) is 5.50. The van der Waals surface area contributed by atoms with E-state index in [0.717, 1.165) is 24.2 Å². The summed E-state index contributed by atoms with van der Waals surface area (Å²) in [5.74, 6) is 0. The van der Waals surface area contributed by atoms with Gasteiger partial charge in [0.2, 0.25) is 0 Å². The molecule has 0 aliphatic heterocycles. The van der Waals surface area contributed by atoms with Crippen molar-refractivity contribution in [3.05, 3.63) is 57.2 Å². The third kappa shape index (κ3) is 9.93. The van der Waals surface area contributed by atoms with Gasteiger partial charge in [-0.25, -0.2) is 0 Å². The van der Waals surface area contributed by atoms with E-state index >= 15 is 0 Å². The molecule has 0 unspecified atom stereocenters. The molecule has 2 nitrogen and oxygen atoms in total. The molecular weight excluding hydrogens is 364 g/mol. The van der Waals surface area contributed by atoms with Crippen LogP contribution in [0.2, 0.25) is 0 Å². The fourth-order valence-electron chi connectivity index (χ4n) is 3.62. The van der Waals surface area contributed by atoms with E-state index in [0.29, 0.717) is 0 Å². The van der Waals surface area contributed by atoms with Crippen LogP contribution in [0.1, 0.15) is 102 Å². The minimum absolute atomic E-state index is 0.882. The number of hydrogen-bond donors (Lipinski definition) is 0. The maximum atomic E-state index is 4.49. The first-order valence-corrected chi connectivity index (χ1v) is 12.2. The molecule has 0 aliphatic rings. The molecule has 0 aliphatic carbocycles. The van der Waals surface area contributed by atoms with Crippen LogP contribution in [0.4, 0.5) is 0 Å². The molecule has 2 rings (SSSR count). The average Bonchev–Trinajstić information content (AvgIpc) is 2.77. The highest BCUT2D eigenvalue weighted by Gasteiger charge is 2.03. The molecule has 0 N–H and O–H groups in total. The molecule has 0 saturated heterocycles. The highest BCUT2D eigenvalue weighted by atomic mass is 14.6. The van der Waals surface area contributed by atoms with E-state index in [-0.39, 0.29) is 0 Å². The van der Waals surface area contributed by atoms with Crippen molar-refractivity contribution in [3.63, 3.8) is 0 Å². The Morgan fingerprint density at radius 3 is 1.37 bits per heavy atom. The van der Waals surface area contributed by atoms with Crippen LogP contribution in [-0.2, 0) is 0 Å². The zero-order chi connectivity index (χ0) is 21.3. The number of unbranched alkanes of at least 4 members (excludes halogenated alkanes) is 10. The van der Waals surface area contributed by atoms with Crippen molar-refractivity contribution in [2.24, 2.45) is 0 Å². The van der Waals surface area contributed by atoms with Crippen molar-refractivity contribution in [1.29, 1.82) is 0 Å². The second kappa shape index (κ2) is 15.5. The number of nitrogens with zero attached hydrogens (tertiary/aromatic N) is 2. The lowest BCUT2D eigenvalue weighted by Gasteiger charge is -1.96. The van der Waals surface area contributed by atoms with Crippen molar-refractivity contribution in [3.8, 4) is 12.1 Å². The van der Waals surface area contributed by atoms with E-state index in [2.05, 4.69) is 72.1 Å². The first kappa shape index (κ1) is 24.0. The summed E-state index contributed by atoms with van der Waals surface area (Å²) < 4.78 is 0. The van der Waals surface area contributed by atoms with Crippen molar-refractivity contribution < 1.29 is 0 Å². The fraction of sp³-hybridized carbons (Fsp3) is 0.571. The lowest BCUT2D eigenvalue weighted by molar-refractivity contribution is 0.621. The van der Waals surface area contributed by atoms with Crippen molar-refractivity contribution in [2.75, 3.05) is 13.1 Å². The summed E-state index contributed by atoms with van der Waals surface area (Å²) in [5, 5.41) is 2.44. The minimum Gasteiger partial charge on any atom is -0.0780 e. The smallest absolute Gasteiger partial charge is 0.0780 e. The first-order chi connectivity index (χ1) is 14.8.